The fourth-order valence-corrected chi connectivity index (χ4v) is 4.32. The summed E-state index contributed by atoms with van der Waals surface area (Å²) in [6.45, 7) is 8.05. The summed E-state index contributed by atoms with van der Waals surface area (Å²) in [6, 6.07) is 0. The number of rotatable bonds is 6. The lowest BCUT2D eigenvalue weighted by Crippen LogP contribution is -2.37. The van der Waals surface area contributed by atoms with E-state index in [-0.39, 0.29) is 41.3 Å². The van der Waals surface area contributed by atoms with Gasteiger partial charge in [-0.25, -0.2) is 4.79 Å². The molecule has 3 fully saturated rings. The Kier molecular flexibility index (Phi) is 5.26. The van der Waals surface area contributed by atoms with Crippen LogP contribution in [0.3, 0.4) is 0 Å². The van der Waals surface area contributed by atoms with Crippen LogP contribution in [0.15, 0.2) is 12.2 Å². The Balaban J connectivity index is 1.50. The molecule has 2 bridgehead atoms. The highest BCUT2D eigenvalue weighted by atomic mass is 16.7. The minimum absolute atomic E-state index is 0.0730. The Labute approximate surface area is 157 Å². The Morgan fingerprint density at radius 3 is 2.48 bits per heavy atom. The zero-order valence-electron chi connectivity index (χ0n) is 15.6. The lowest BCUT2D eigenvalue weighted by molar-refractivity contribution is -0.188. The summed E-state index contributed by atoms with van der Waals surface area (Å²) in [4.78, 5) is 47.6. The molecule has 27 heavy (non-hydrogen) atoms. The highest BCUT2D eigenvalue weighted by Crippen LogP contribution is 2.56. The molecule has 3 rings (SSSR count). The quantitative estimate of drug-likeness (QED) is 0.224. The second kappa shape index (κ2) is 7.32. The third kappa shape index (κ3) is 3.70. The van der Waals surface area contributed by atoms with Crippen molar-refractivity contribution in [1.29, 1.82) is 0 Å². The number of esters is 4. The molecule has 0 aromatic rings. The molecule has 1 aliphatic heterocycles. The van der Waals surface area contributed by atoms with Crippen LogP contribution in [-0.4, -0.2) is 42.9 Å². The van der Waals surface area contributed by atoms with Crippen LogP contribution >= 0.6 is 0 Å². The van der Waals surface area contributed by atoms with Gasteiger partial charge in [0.25, 0.3) is 0 Å². The molecule has 148 valence electrons. The maximum absolute atomic E-state index is 12.3. The van der Waals surface area contributed by atoms with Gasteiger partial charge in [-0.3, -0.25) is 14.4 Å². The van der Waals surface area contributed by atoms with Gasteiger partial charge in [0, 0.05) is 24.3 Å². The van der Waals surface area contributed by atoms with E-state index in [0.717, 1.165) is 6.42 Å². The van der Waals surface area contributed by atoms with Crippen molar-refractivity contribution in [3.63, 3.8) is 0 Å². The molecule has 0 amide bonds. The molecule has 0 spiro atoms. The van der Waals surface area contributed by atoms with Crippen molar-refractivity contribution < 1.29 is 38.1 Å². The Hall–Kier alpha value is -2.38. The third-order valence-corrected chi connectivity index (χ3v) is 5.68. The molecular formula is C19H24O8. The average molecular weight is 380 g/mol. The summed E-state index contributed by atoms with van der Waals surface area (Å²) < 4.78 is 20.5. The lowest BCUT2D eigenvalue weighted by Gasteiger charge is -2.29. The first-order valence-electron chi connectivity index (χ1n) is 9.13. The molecule has 8 nitrogen and oxygen atoms in total. The summed E-state index contributed by atoms with van der Waals surface area (Å²) in [7, 11) is 0. The second-order valence-electron chi connectivity index (χ2n) is 7.60. The average Bonchev–Trinajstić information content (AvgIpc) is 3.26. The number of cyclic esters (lactones) is 1. The monoisotopic (exact) mass is 380 g/mol. The molecule has 0 aromatic heterocycles. The van der Waals surface area contributed by atoms with E-state index in [1.54, 1.807) is 0 Å². The number of fused-ring (bicyclic) bond motifs is 5. The molecule has 0 aromatic carbocycles. The van der Waals surface area contributed by atoms with Gasteiger partial charge in [-0.2, -0.15) is 0 Å². The summed E-state index contributed by atoms with van der Waals surface area (Å²) in [5, 5.41) is 0. The van der Waals surface area contributed by atoms with Crippen molar-refractivity contribution in [2.45, 2.75) is 46.0 Å². The fourth-order valence-electron chi connectivity index (χ4n) is 4.32. The normalized spacial score (nSPS) is 32.9. The van der Waals surface area contributed by atoms with Crippen molar-refractivity contribution in [2.75, 3.05) is 6.61 Å². The molecule has 2 saturated carbocycles. The smallest absolute Gasteiger partial charge is 0.336 e. The third-order valence-electron chi connectivity index (χ3n) is 5.68. The Morgan fingerprint density at radius 1 is 1.11 bits per heavy atom. The molecule has 1 saturated heterocycles. The number of hydrogen-bond donors (Lipinski definition) is 0. The van der Waals surface area contributed by atoms with Crippen molar-refractivity contribution in [2.24, 2.45) is 29.6 Å². The van der Waals surface area contributed by atoms with E-state index in [9.17, 15) is 19.2 Å². The van der Waals surface area contributed by atoms with Crippen LogP contribution in [0.25, 0.3) is 0 Å². The second-order valence-corrected chi connectivity index (χ2v) is 7.60. The first-order chi connectivity index (χ1) is 12.7. The maximum Gasteiger partial charge on any atom is 0.336 e. The molecule has 7 atom stereocenters. The maximum atomic E-state index is 12.3. The lowest BCUT2D eigenvalue weighted by atomic mass is 9.80. The summed E-state index contributed by atoms with van der Waals surface area (Å²) in [5.41, 5.74) is 0.175. The van der Waals surface area contributed by atoms with Crippen LogP contribution in [-0.2, 0) is 38.1 Å². The van der Waals surface area contributed by atoms with E-state index in [0.29, 0.717) is 13.0 Å². The van der Waals surface area contributed by atoms with Gasteiger partial charge < -0.3 is 18.9 Å². The van der Waals surface area contributed by atoms with Crippen LogP contribution in [0.2, 0.25) is 0 Å². The molecule has 3 aliphatic rings. The number of hydrogen-bond acceptors (Lipinski definition) is 8. The van der Waals surface area contributed by atoms with Crippen molar-refractivity contribution in [3.8, 4) is 0 Å². The van der Waals surface area contributed by atoms with E-state index >= 15 is 0 Å². The largest absolute Gasteiger partial charge is 0.465 e. The van der Waals surface area contributed by atoms with Crippen LogP contribution in [0, 0.1) is 29.6 Å². The minimum Gasteiger partial charge on any atom is -0.465 e. The van der Waals surface area contributed by atoms with Gasteiger partial charge in [0.05, 0.1) is 12.5 Å². The highest BCUT2D eigenvalue weighted by Gasteiger charge is 2.60. The number of carbonyl (C=O) groups is 4. The number of carbonyl (C=O) groups excluding carboxylic acids is 4. The van der Waals surface area contributed by atoms with Gasteiger partial charge in [-0.1, -0.05) is 6.58 Å². The molecule has 1 heterocycles. The van der Waals surface area contributed by atoms with Gasteiger partial charge in [0.2, 0.25) is 6.29 Å². The first kappa shape index (κ1) is 19.4. The molecule has 0 N–H and O–H groups in total. The van der Waals surface area contributed by atoms with Crippen LogP contribution in [0.4, 0.5) is 0 Å². The van der Waals surface area contributed by atoms with Gasteiger partial charge in [0.15, 0.2) is 5.92 Å². The molecular weight excluding hydrogens is 356 g/mol. The molecule has 2 aliphatic carbocycles. The van der Waals surface area contributed by atoms with E-state index in [1.807, 2.05) is 0 Å². The SMILES string of the molecule is C=C(C)C(=O)OC(C)OC(=O)C(C)C(=O)OC1CC2CC1C1COC(=O)C21. The van der Waals surface area contributed by atoms with E-state index in [2.05, 4.69) is 6.58 Å². The summed E-state index contributed by atoms with van der Waals surface area (Å²) in [5.74, 6) is -3.20. The van der Waals surface area contributed by atoms with Gasteiger partial charge >= 0.3 is 23.9 Å². The Morgan fingerprint density at radius 2 is 1.81 bits per heavy atom. The van der Waals surface area contributed by atoms with Crippen LogP contribution in [0.5, 0.6) is 0 Å². The van der Waals surface area contributed by atoms with E-state index in [1.165, 1.54) is 20.8 Å². The number of ether oxygens (including phenoxy) is 4. The summed E-state index contributed by atoms with van der Waals surface area (Å²) in [6.07, 6.45) is 0.00455. The topological polar surface area (TPSA) is 105 Å². The highest BCUT2D eigenvalue weighted by molar-refractivity contribution is 5.94. The predicted molar refractivity (Wildman–Crippen MR) is 89.7 cm³/mol. The molecule has 0 radical (unpaired) electrons. The van der Waals surface area contributed by atoms with Gasteiger partial charge in [-0.05, 0) is 32.6 Å². The van der Waals surface area contributed by atoms with E-state index in [4.69, 9.17) is 18.9 Å². The standard InChI is InChI=1S/C19H24O8/c1-8(2)16(20)25-10(4)26-17(21)9(3)18(22)27-14-6-11-5-12(14)13-7-24-19(23)15(11)13/h9-15H,1,5-7H2,2-4H3. The van der Waals surface area contributed by atoms with E-state index < -0.39 is 30.1 Å². The molecule has 7 unspecified atom stereocenters. The van der Waals surface area contributed by atoms with Crippen molar-refractivity contribution in [3.05, 3.63) is 12.2 Å². The zero-order valence-corrected chi connectivity index (χ0v) is 15.6. The zero-order chi connectivity index (χ0) is 19.9. The predicted octanol–water partition coefficient (Wildman–Crippen LogP) is 1.37. The minimum atomic E-state index is -1.15. The van der Waals surface area contributed by atoms with Crippen molar-refractivity contribution >= 4 is 23.9 Å². The van der Waals surface area contributed by atoms with Crippen LogP contribution < -0.4 is 0 Å². The Bertz CT molecular complexity index is 683. The fraction of sp³-hybridized carbons (Fsp3) is 0.684. The van der Waals surface area contributed by atoms with Gasteiger partial charge in [-0.15, -0.1) is 0 Å². The molecule has 8 heteroatoms. The first-order valence-corrected chi connectivity index (χ1v) is 9.13. The van der Waals surface area contributed by atoms with Gasteiger partial charge in [0.1, 0.15) is 6.10 Å². The summed E-state index contributed by atoms with van der Waals surface area (Å²) >= 11 is 0. The van der Waals surface area contributed by atoms with Crippen molar-refractivity contribution in [1.82, 2.24) is 0 Å². The van der Waals surface area contributed by atoms with Crippen LogP contribution in [0.1, 0.15) is 33.6 Å².